The molecular weight excluding hydrogens is 267 g/mol. The topological polar surface area (TPSA) is 34.1 Å². The summed E-state index contributed by atoms with van der Waals surface area (Å²) in [4.78, 5) is 20.7. The van der Waals surface area contributed by atoms with Gasteiger partial charge in [-0.2, -0.15) is 0 Å². The highest BCUT2D eigenvalue weighted by Crippen LogP contribution is 2.11. The molecule has 1 rings (SSSR count). The van der Waals surface area contributed by atoms with E-state index in [1.165, 1.54) is 0 Å². The van der Waals surface area contributed by atoms with Crippen molar-refractivity contribution < 1.29 is 9.59 Å². The number of hydrogen-bond donors (Lipinski definition) is 0. The minimum Gasteiger partial charge on any atom is -0.303 e. The Hall–Kier alpha value is -0.710. The molecule has 0 unspecified atom stereocenters. The molecule has 0 atom stereocenters. The predicted molar refractivity (Wildman–Crippen MR) is 54.3 cm³/mol. The van der Waals surface area contributed by atoms with Crippen LogP contribution in [0.1, 0.15) is 15.9 Å². The van der Waals surface area contributed by atoms with Crippen LogP contribution in [0.2, 0.25) is 0 Å². The third kappa shape index (κ3) is 2.14. The van der Waals surface area contributed by atoms with Crippen LogP contribution in [0.5, 0.6) is 0 Å². The standard InChI is InChI=1S/C9H7IO2/c10-9-2-1-7(3-4-11)8(5-9)6-12/h1-2,4-6H,3H2. The molecule has 0 N–H and O–H groups in total. The maximum atomic E-state index is 10.5. The fraction of sp³-hybridized carbons (Fsp3) is 0.111. The van der Waals surface area contributed by atoms with E-state index in [0.29, 0.717) is 12.0 Å². The molecule has 0 aromatic heterocycles. The van der Waals surface area contributed by atoms with Crippen LogP contribution >= 0.6 is 22.6 Å². The van der Waals surface area contributed by atoms with Gasteiger partial charge in [-0.25, -0.2) is 0 Å². The van der Waals surface area contributed by atoms with Gasteiger partial charge < -0.3 is 4.79 Å². The molecule has 1 aromatic rings. The zero-order valence-corrected chi connectivity index (χ0v) is 8.45. The van der Waals surface area contributed by atoms with E-state index in [2.05, 4.69) is 22.6 Å². The summed E-state index contributed by atoms with van der Waals surface area (Å²) in [5.41, 5.74) is 1.40. The molecule has 1 aromatic carbocycles. The van der Waals surface area contributed by atoms with Crippen LogP contribution in [0, 0.1) is 3.57 Å². The van der Waals surface area contributed by atoms with Gasteiger partial charge in [-0.15, -0.1) is 0 Å². The second-order valence-corrected chi connectivity index (χ2v) is 3.58. The van der Waals surface area contributed by atoms with Crippen molar-refractivity contribution in [3.8, 4) is 0 Å². The fourth-order valence-corrected chi connectivity index (χ4v) is 1.47. The lowest BCUT2D eigenvalue weighted by molar-refractivity contribution is -0.107. The summed E-state index contributed by atoms with van der Waals surface area (Å²) in [6, 6.07) is 5.46. The number of aldehydes is 2. The van der Waals surface area contributed by atoms with Crippen molar-refractivity contribution in [1.82, 2.24) is 0 Å². The second kappa shape index (κ2) is 4.35. The average Bonchev–Trinajstić information content (AvgIpc) is 2.08. The highest BCUT2D eigenvalue weighted by molar-refractivity contribution is 14.1. The molecule has 0 amide bonds. The van der Waals surface area contributed by atoms with Crippen molar-refractivity contribution in [1.29, 1.82) is 0 Å². The Bertz CT molecular complexity index is 307. The highest BCUT2D eigenvalue weighted by atomic mass is 127. The summed E-state index contributed by atoms with van der Waals surface area (Å²) in [5.74, 6) is 0. The Balaban J connectivity index is 3.10. The van der Waals surface area contributed by atoms with Gasteiger partial charge in [-0.05, 0) is 40.3 Å². The average molecular weight is 274 g/mol. The van der Waals surface area contributed by atoms with Gasteiger partial charge in [0, 0.05) is 15.6 Å². The fourth-order valence-electron chi connectivity index (χ4n) is 0.951. The Morgan fingerprint density at radius 3 is 2.67 bits per heavy atom. The number of carbonyl (C=O) groups is 2. The van der Waals surface area contributed by atoms with Gasteiger partial charge in [0.05, 0.1) is 0 Å². The largest absolute Gasteiger partial charge is 0.303 e. The quantitative estimate of drug-likeness (QED) is 0.622. The summed E-state index contributed by atoms with van der Waals surface area (Å²) in [7, 11) is 0. The van der Waals surface area contributed by atoms with Crippen LogP contribution < -0.4 is 0 Å². The van der Waals surface area contributed by atoms with Crippen LogP contribution in [0.3, 0.4) is 0 Å². The first kappa shape index (κ1) is 9.38. The first-order valence-electron chi connectivity index (χ1n) is 3.45. The van der Waals surface area contributed by atoms with Gasteiger partial charge in [-0.1, -0.05) is 6.07 Å². The lowest BCUT2D eigenvalue weighted by Gasteiger charge is -1.99. The zero-order chi connectivity index (χ0) is 8.97. The number of halogens is 1. The van der Waals surface area contributed by atoms with Crippen LogP contribution in [-0.4, -0.2) is 12.6 Å². The van der Waals surface area contributed by atoms with Gasteiger partial charge in [0.2, 0.25) is 0 Å². The SMILES string of the molecule is O=CCc1ccc(I)cc1C=O. The van der Waals surface area contributed by atoms with E-state index in [-0.39, 0.29) is 0 Å². The molecule has 3 heteroatoms. The van der Waals surface area contributed by atoms with E-state index in [0.717, 1.165) is 21.7 Å². The van der Waals surface area contributed by atoms with E-state index in [9.17, 15) is 9.59 Å². The smallest absolute Gasteiger partial charge is 0.150 e. The molecule has 62 valence electrons. The van der Waals surface area contributed by atoms with Gasteiger partial charge in [0.25, 0.3) is 0 Å². The summed E-state index contributed by atoms with van der Waals surface area (Å²) >= 11 is 2.13. The van der Waals surface area contributed by atoms with Gasteiger partial charge in [-0.3, -0.25) is 4.79 Å². The van der Waals surface area contributed by atoms with Crippen molar-refractivity contribution in [3.63, 3.8) is 0 Å². The van der Waals surface area contributed by atoms with Crippen LogP contribution in [0.25, 0.3) is 0 Å². The second-order valence-electron chi connectivity index (χ2n) is 2.33. The van der Waals surface area contributed by atoms with Gasteiger partial charge in [0.1, 0.15) is 12.6 Å². The summed E-state index contributed by atoms with van der Waals surface area (Å²) in [6.45, 7) is 0. The summed E-state index contributed by atoms with van der Waals surface area (Å²) in [6.07, 6.45) is 1.89. The number of rotatable bonds is 3. The maximum Gasteiger partial charge on any atom is 0.150 e. The first-order chi connectivity index (χ1) is 5.77. The van der Waals surface area contributed by atoms with Gasteiger partial charge in [0.15, 0.2) is 0 Å². The maximum absolute atomic E-state index is 10.5. The van der Waals surface area contributed by atoms with E-state index in [4.69, 9.17) is 0 Å². The molecule has 12 heavy (non-hydrogen) atoms. The Morgan fingerprint density at radius 1 is 1.33 bits per heavy atom. The van der Waals surface area contributed by atoms with Crippen molar-refractivity contribution in [2.24, 2.45) is 0 Å². The lowest BCUT2D eigenvalue weighted by atomic mass is 10.1. The molecule has 0 radical (unpaired) electrons. The molecule has 0 bridgehead atoms. The van der Waals surface area contributed by atoms with Crippen LogP contribution in [-0.2, 0) is 11.2 Å². The van der Waals surface area contributed by atoms with Crippen molar-refractivity contribution >= 4 is 35.2 Å². The van der Waals surface area contributed by atoms with Crippen molar-refractivity contribution in [2.45, 2.75) is 6.42 Å². The Morgan fingerprint density at radius 2 is 2.08 bits per heavy atom. The van der Waals surface area contributed by atoms with Gasteiger partial charge >= 0.3 is 0 Å². The van der Waals surface area contributed by atoms with E-state index in [1.54, 1.807) is 12.1 Å². The molecule has 0 fully saturated rings. The molecule has 0 saturated heterocycles. The van der Waals surface area contributed by atoms with Crippen molar-refractivity contribution in [3.05, 3.63) is 32.9 Å². The third-order valence-electron chi connectivity index (χ3n) is 1.54. The molecule has 0 aliphatic rings. The molecule has 0 saturated carbocycles. The number of hydrogen-bond acceptors (Lipinski definition) is 2. The molecule has 0 spiro atoms. The predicted octanol–water partition coefficient (Wildman–Crippen LogP) is 1.85. The van der Waals surface area contributed by atoms with Crippen LogP contribution in [0.15, 0.2) is 18.2 Å². The van der Waals surface area contributed by atoms with Crippen molar-refractivity contribution in [2.75, 3.05) is 0 Å². The zero-order valence-electron chi connectivity index (χ0n) is 6.29. The lowest BCUT2D eigenvalue weighted by Crippen LogP contribution is -1.93. The number of benzene rings is 1. The minimum atomic E-state index is 0.311. The summed E-state index contributed by atoms with van der Waals surface area (Å²) in [5, 5.41) is 0. The molecule has 0 aliphatic carbocycles. The molecular formula is C9H7IO2. The van der Waals surface area contributed by atoms with E-state index < -0.39 is 0 Å². The van der Waals surface area contributed by atoms with E-state index in [1.807, 2.05) is 6.07 Å². The minimum absolute atomic E-state index is 0.311. The molecule has 0 aliphatic heterocycles. The molecule has 0 heterocycles. The monoisotopic (exact) mass is 274 g/mol. The summed E-state index contributed by atoms with van der Waals surface area (Å²) < 4.78 is 1.00. The Kier molecular flexibility index (Phi) is 3.40. The normalized spacial score (nSPS) is 9.42. The number of carbonyl (C=O) groups excluding carboxylic acids is 2. The third-order valence-corrected chi connectivity index (χ3v) is 2.21. The highest BCUT2D eigenvalue weighted by Gasteiger charge is 2.00. The Labute approximate surface area is 84.1 Å². The van der Waals surface area contributed by atoms with E-state index >= 15 is 0 Å². The van der Waals surface area contributed by atoms with Crippen LogP contribution in [0.4, 0.5) is 0 Å². The molecule has 2 nitrogen and oxygen atoms in total. The first-order valence-corrected chi connectivity index (χ1v) is 4.53.